The number of aliphatic hydroxyl groups excluding tert-OH is 1. The monoisotopic (exact) mass is 404 g/mol. The Kier molecular flexibility index (Phi) is 5.76. The Morgan fingerprint density at radius 1 is 1.10 bits per heavy atom. The van der Waals surface area contributed by atoms with Crippen molar-refractivity contribution in [1.82, 2.24) is 0 Å². The number of allylic oxidation sites excluding steroid dienone is 1. The summed E-state index contributed by atoms with van der Waals surface area (Å²) in [7, 11) is 0. The number of hydrogen-bond donors (Lipinski definition) is 1. The summed E-state index contributed by atoms with van der Waals surface area (Å²) in [4.78, 5) is 23.8. The lowest BCUT2D eigenvalue weighted by Gasteiger charge is -2.57. The Balaban J connectivity index is 2.14. The maximum atomic E-state index is 12.2. The highest BCUT2D eigenvalue weighted by Gasteiger charge is 2.57. The molecule has 0 aromatic rings. The number of esters is 2. The first kappa shape index (κ1) is 22.1. The SMILES string of the molecule is C=C1C(OC(C)=O)CCC2(C)CC(O)C3=C(C)CCC(C(OC(C)=O)C12)C3(C)C. The van der Waals surface area contributed by atoms with Crippen molar-refractivity contribution in [1.29, 1.82) is 0 Å². The van der Waals surface area contributed by atoms with E-state index in [1.807, 2.05) is 0 Å². The van der Waals surface area contributed by atoms with Gasteiger partial charge in [-0.1, -0.05) is 32.9 Å². The average Bonchev–Trinajstić information content (AvgIpc) is 2.55. The second-order valence-corrected chi connectivity index (χ2v) is 10.2. The van der Waals surface area contributed by atoms with Crippen LogP contribution in [0.3, 0.4) is 0 Å². The molecule has 0 heterocycles. The van der Waals surface area contributed by atoms with E-state index in [-0.39, 0.29) is 46.8 Å². The van der Waals surface area contributed by atoms with E-state index in [2.05, 4.69) is 34.3 Å². The van der Waals surface area contributed by atoms with E-state index < -0.39 is 6.10 Å². The van der Waals surface area contributed by atoms with Gasteiger partial charge in [0.15, 0.2) is 0 Å². The van der Waals surface area contributed by atoms with Crippen LogP contribution in [0.15, 0.2) is 23.3 Å². The van der Waals surface area contributed by atoms with Gasteiger partial charge >= 0.3 is 11.9 Å². The van der Waals surface area contributed by atoms with Crippen molar-refractivity contribution in [2.45, 2.75) is 92.0 Å². The molecule has 6 atom stereocenters. The first-order valence-corrected chi connectivity index (χ1v) is 10.8. The molecule has 29 heavy (non-hydrogen) atoms. The molecule has 2 bridgehead atoms. The van der Waals surface area contributed by atoms with Crippen molar-refractivity contribution in [2.75, 3.05) is 0 Å². The fraction of sp³-hybridized carbons (Fsp3) is 0.750. The van der Waals surface area contributed by atoms with Crippen LogP contribution in [0.25, 0.3) is 0 Å². The summed E-state index contributed by atoms with van der Waals surface area (Å²) in [5, 5.41) is 11.3. The molecule has 0 spiro atoms. The smallest absolute Gasteiger partial charge is 0.303 e. The van der Waals surface area contributed by atoms with Crippen LogP contribution in [0.4, 0.5) is 0 Å². The molecule has 3 aliphatic carbocycles. The quantitative estimate of drug-likeness (QED) is 0.547. The summed E-state index contributed by atoms with van der Waals surface area (Å²) in [5.41, 5.74) is 2.61. The lowest BCUT2D eigenvalue weighted by atomic mass is 9.50. The molecule has 0 radical (unpaired) electrons. The number of carbonyl (C=O) groups is 2. The van der Waals surface area contributed by atoms with Crippen molar-refractivity contribution < 1.29 is 24.2 Å². The van der Waals surface area contributed by atoms with Gasteiger partial charge in [-0.25, -0.2) is 0 Å². The van der Waals surface area contributed by atoms with Crippen LogP contribution in [0, 0.1) is 22.7 Å². The zero-order chi connectivity index (χ0) is 21.7. The molecular formula is C24H36O5. The highest BCUT2D eigenvalue weighted by Crippen LogP contribution is 2.59. The summed E-state index contributed by atoms with van der Waals surface area (Å²) in [6, 6.07) is 0. The van der Waals surface area contributed by atoms with E-state index in [4.69, 9.17) is 9.47 Å². The number of hydrogen-bond acceptors (Lipinski definition) is 5. The number of fused-ring (bicyclic) bond motifs is 3. The maximum absolute atomic E-state index is 12.2. The van der Waals surface area contributed by atoms with E-state index in [0.29, 0.717) is 12.8 Å². The first-order chi connectivity index (χ1) is 13.4. The van der Waals surface area contributed by atoms with Gasteiger partial charge in [0, 0.05) is 25.7 Å². The lowest BCUT2D eigenvalue weighted by molar-refractivity contribution is -0.168. The zero-order valence-electron chi connectivity index (χ0n) is 18.7. The van der Waals surface area contributed by atoms with E-state index in [1.54, 1.807) is 0 Å². The van der Waals surface area contributed by atoms with Crippen LogP contribution >= 0.6 is 0 Å². The zero-order valence-corrected chi connectivity index (χ0v) is 18.7. The number of aliphatic hydroxyl groups is 1. The summed E-state index contributed by atoms with van der Waals surface area (Å²) in [5.74, 6) is -0.724. The Hall–Kier alpha value is -1.62. The lowest BCUT2D eigenvalue weighted by Crippen LogP contribution is -2.56. The Labute approximate surface area is 174 Å². The highest BCUT2D eigenvalue weighted by molar-refractivity contribution is 5.67. The molecule has 1 N–H and O–H groups in total. The molecule has 3 rings (SSSR count). The Morgan fingerprint density at radius 2 is 1.72 bits per heavy atom. The standard InChI is InChI=1S/C24H36O5/c1-13-8-9-17-22(29-16(4)26)21-14(2)19(28-15(3)25)10-11-24(21,7)12-18(27)20(13)23(17,5)6/h17-19,21-22,27H,2,8-12H2,1,3-7H3. The minimum atomic E-state index is -0.531. The van der Waals surface area contributed by atoms with Crippen molar-refractivity contribution in [3.63, 3.8) is 0 Å². The molecule has 0 aliphatic heterocycles. The van der Waals surface area contributed by atoms with Crippen LogP contribution in [-0.4, -0.2) is 35.4 Å². The molecule has 6 unspecified atom stereocenters. The molecular weight excluding hydrogens is 368 g/mol. The van der Waals surface area contributed by atoms with Gasteiger partial charge in [0.25, 0.3) is 0 Å². The summed E-state index contributed by atoms with van der Waals surface area (Å²) in [6.45, 7) is 15.8. The van der Waals surface area contributed by atoms with Gasteiger partial charge in [-0.2, -0.15) is 0 Å². The van der Waals surface area contributed by atoms with E-state index >= 15 is 0 Å². The van der Waals surface area contributed by atoms with Crippen LogP contribution in [0.1, 0.15) is 73.6 Å². The summed E-state index contributed by atoms with van der Waals surface area (Å²) < 4.78 is 11.6. The van der Waals surface area contributed by atoms with Gasteiger partial charge in [0.1, 0.15) is 12.2 Å². The van der Waals surface area contributed by atoms with Gasteiger partial charge in [-0.3, -0.25) is 9.59 Å². The predicted molar refractivity (Wildman–Crippen MR) is 111 cm³/mol. The summed E-state index contributed by atoms with van der Waals surface area (Å²) in [6.07, 6.45) is 2.57. The molecule has 2 saturated carbocycles. The predicted octanol–water partition coefficient (Wildman–Crippen LogP) is 4.34. The van der Waals surface area contributed by atoms with Gasteiger partial charge in [0.05, 0.1) is 6.10 Å². The third-order valence-electron chi connectivity index (χ3n) is 7.78. The van der Waals surface area contributed by atoms with Crippen LogP contribution in [0.5, 0.6) is 0 Å². The molecule has 5 heteroatoms. The maximum Gasteiger partial charge on any atom is 0.303 e. The number of rotatable bonds is 2. The first-order valence-electron chi connectivity index (χ1n) is 10.8. The third kappa shape index (κ3) is 3.78. The molecule has 5 nitrogen and oxygen atoms in total. The topological polar surface area (TPSA) is 72.8 Å². The van der Waals surface area contributed by atoms with Crippen molar-refractivity contribution in [2.24, 2.45) is 22.7 Å². The second kappa shape index (κ2) is 7.57. The fourth-order valence-electron chi connectivity index (χ4n) is 6.65. The van der Waals surface area contributed by atoms with Crippen LogP contribution < -0.4 is 0 Å². The van der Waals surface area contributed by atoms with Crippen molar-refractivity contribution in [3.8, 4) is 0 Å². The van der Waals surface area contributed by atoms with E-state index in [1.165, 1.54) is 19.4 Å². The molecule has 2 fully saturated rings. The van der Waals surface area contributed by atoms with Gasteiger partial charge in [-0.15, -0.1) is 0 Å². The molecule has 0 amide bonds. The highest BCUT2D eigenvalue weighted by atomic mass is 16.5. The number of ether oxygens (including phenoxy) is 2. The van der Waals surface area contributed by atoms with Crippen LogP contribution in [-0.2, 0) is 19.1 Å². The normalized spacial score (nSPS) is 39.1. The molecule has 3 aliphatic rings. The van der Waals surface area contributed by atoms with Crippen molar-refractivity contribution in [3.05, 3.63) is 23.3 Å². The average molecular weight is 405 g/mol. The molecule has 0 aromatic carbocycles. The fourth-order valence-corrected chi connectivity index (χ4v) is 6.65. The van der Waals surface area contributed by atoms with Gasteiger partial charge < -0.3 is 14.6 Å². The number of carbonyl (C=O) groups excluding carboxylic acids is 2. The third-order valence-corrected chi connectivity index (χ3v) is 7.78. The molecule has 0 aromatic heterocycles. The Bertz CT molecular complexity index is 748. The summed E-state index contributed by atoms with van der Waals surface area (Å²) >= 11 is 0. The van der Waals surface area contributed by atoms with Crippen LogP contribution in [0.2, 0.25) is 0 Å². The second-order valence-electron chi connectivity index (χ2n) is 10.2. The van der Waals surface area contributed by atoms with E-state index in [0.717, 1.165) is 30.4 Å². The Morgan fingerprint density at radius 3 is 2.31 bits per heavy atom. The van der Waals surface area contributed by atoms with Gasteiger partial charge in [0.2, 0.25) is 0 Å². The van der Waals surface area contributed by atoms with E-state index in [9.17, 15) is 14.7 Å². The van der Waals surface area contributed by atoms with Gasteiger partial charge in [-0.05, 0) is 61.0 Å². The minimum absolute atomic E-state index is 0.0669. The molecule has 162 valence electrons. The van der Waals surface area contributed by atoms with Crippen molar-refractivity contribution >= 4 is 11.9 Å². The largest absolute Gasteiger partial charge is 0.462 e. The minimum Gasteiger partial charge on any atom is -0.462 e. The molecule has 0 saturated heterocycles.